The van der Waals surface area contributed by atoms with E-state index in [0.29, 0.717) is 12.3 Å². The maximum absolute atomic E-state index is 5.78. The Morgan fingerprint density at radius 2 is 2.06 bits per heavy atom. The number of nitrogen functional groups attached to an aromatic ring is 1. The standard InChI is InChI=1S/C14H17NO2S/c15-13-6-1-2-7-14(13)17-9-4-10-18-11-12-5-3-8-16-12/h1-3,5-8H,4,9-11,15H2. The zero-order valence-electron chi connectivity index (χ0n) is 10.2. The third-order valence-corrected chi connectivity index (χ3v) is 3.50. The van der Waals surface area contributed by atoms with Crippen molar-refractivity contribution in [2.24, 2.45) is 0 Å². The van der Waals surface area contributed by atoms with Crippen LogP contribution >= 0.6 is 11.8 Å². The highest BCUT2D eigenvalue weighted by Gasteiger charge is 1.99. The van der Waals surface area contributed by atoms with E-state index in [0.717, 1.165) is 29.4 Å². The molecular formula is C14H17NO2S. The highest BCUT2D eigenvalue weighted by Crippen LogP contribution is 2.20. The molecule has 2 rings (SSSR count). The summed E-state index contributed by atoms with van der Waals surface area (Å²) in [5.74, 6) is 3.76. The summed E-state index contributed by atoms with van der Waals surface area (Å²) in [6, 6.07) is 11.5. The van der Waals surface area contributed by atoms with Gasteiger partial charge in [0, 0.05) is 0 Å². The SMILES string of the molecule is Nc1ccccc1OCCCSCc1ccco1. The van der Waals surface area contributed by atoms with E-state index in [4.69, 9.17) is 14.9 Å². The molecule has 2 aromatic rings. The van der Waals surface area contributed by atoms with Crippen LogP contribution in [0.5, 0.6) is 5.75 Å². The fourth-order valence-corrected chi connectivity index (χ4v) is 2.35. The second-order valence-corrected chi connectivity index (χ2v) is 4.98. The van der Waals surface area contributed by atoms with Crippen molar-refractivity contribution in [3.8, 4) is 5.75 Å². The molecule has 4 heteroatoms. The molecule has 1 aromatic heterocycles. The normalized spacial score (nSPS) is 10.4. The van der Waals surface area contributed by atoms with Crippen LogP contribution in [0.15, 0.2) is 47.1 Å². The van der Waals surface area contributed by atoms with Crippen LogP contribution in [0.3, 0.4) is 0 Å². The molecule has 2 N–H and O–H groups in total. The predicted molar refractivity (Wildman–Crippen MR) is 75.8 cm³/mol. The molecule has 0 aliphatic carbocycles. The monoisotopic (exact) mass is 263 g/mol. The Kier molecular flexibility index (Phi) is 5.02. The van der Waals surface area contributed by atoms with Crippen LogP contribution in [-0.2, 0) is 5.75 Å². The molecule has 0 saturated carbocycles. The summed E-state index contributed by atoms with van der Waals surface area (Å²) in [7, 11) is 0. The Morgan fingerprint density at radius 1 is 1.17 bits per heavy atom. The van der Waals surface area contributed by atoms with Crippen LogP contribution in [-0.4, -0.2) is 12.4 Å². The van der Waals surface area contributed by atoms with Crippen LogP contribution in [0.2, 0.25) is 0 Å². The number of nitrogens with two attached hydrogens (primary N) is 1. The molecule has 96 valence electrons. The smallest absolute Gasteiger partial charge is 0.142 e. The molecular weight excluding hydrogens is 246 g/mol. The Bertz CT molecular complexity index is 457. The Balaban J connectivity index is 1.58. The maximum atomic E-state index is 5.78. The average molecular weight is 263 g/mol. The molecule has 0 spiro atoms. The van der Waals surface area contributed by atoms with Crippen LogP contribution < -0.4 is 10.5 Å². The van der Waals surface area contributed by atoms with Crippen molar-refractivity contribution in [2.45, 2.75) is 12.2 Å². The van der Waals surface area contributed by atoms with E-state index >= 15 is 0 Å². The number of thioether (sulfide) groups is 1. The van der Waals surface area contributed by atoms with Crippen LogP contribution in [0.4, 0.5) is 5.69 Å². The van der Waals surface area contributed by atoms with E-state index in [2.05, 4.69) is 0 Å². The maximum Gasteiger partial charge on any atom is 0.142 e. The van der Waals surface area contributed by atoms with Crippen molar-refractivity contribution >= 4 is 17.4 Å². The number of benzene rings is 1. The average Bonchev–Trinajstić information content (AvgIpc) is 2.89. The topological polar surface area (TPSA) is 48.4 Å². The molecule has 0 amide bonds. The fraction of sp³-hybridized carbons (Fsp3) is 0.286. The molecule has 1 aromatic carbocycles. The zero-order chi connectivity index (χ0) is 12.6. The molecule has 3 nitrogen and oxygen atoms in total. The molecule has 0 bridgehead atoms. The molecule has 0 aliphatic heterocycles. The highest BCUT2D eigenvalue weighted by atomic mass is 32.2. The summed E-state index contributed by atoms with van der Waals surface area (Å²) in [6.07, 6.45) is 2.71. The number of ether oxygens (including phenoxy) is 1. The lowest BCUT2D eigenvalue weighted by Crippen LogP contribution is -2.01. The third-order valence-electron chi connectivity index (χ3n) is 2.43. The summed E-state index contributed by atoms with van der Waals surface area (Å²) in [4.78, 5) is 0. The number of anilines is 1. The molecule has 0 saturated heterocycles. The van der Waals surface area contributed by atoms with E-state index in [1.165, 1.54) is 0 Å². The predicted octanol–water partition coefficient (Wildman–Crippen LogP) is 3.56. The van der Waals surface area contributed by atoms with Crippen molar-refractivity contribution in [1.82, 2.24) is 0 Å². The van der Waals surface area contributed by atoms with Gasteiger partial charge in [-0.2, -0.15) is 11.8 Å². The Hall–Kier alpha value is -1.55. The van der Waals surface area contributed by atoms with Crippen molar-refractivity contribution in [3.05, 3.63) is 48.4 Å². The minimum absolute atomic E-state index is 0.694. The Labute approximate surface area is 111 Å². The minimum Gasteiger partial charge on any atom is -0.491 e. The van der Waals surface area contributed by atoms with Gasteiger partial charge in [-0.3, -0.25) is 0 Å². The summed E-state index contributed by atoms with van der Waals surface area (Å²) in [5, 5.41) is 0. The van der Waals surface area contributed by atoms with Gasteiger partial charge in [-0.05, 0) is 36.4 Å². The summed E-state index contributed by atoms with van der Waals surface area (Å²) >= 11 is 1.85. The van der Waals surface area contributed by atoms with Crippen molar-refractivity contribution in [3.63, 3.8) is 0 Å². The van der Waals surface area contributed by atoms with Gasteiger partial charge >= 0.3 is 0 Å². The lowest BCUT2D eigenvalue weighted by atomic mass is 10.3. The quantitative estimate of drug-likeness (QED) is 0.613. The van der Waals surface area contributed by atoms with Crippen LogP contribution in [0.1, 0.15) is 12.2 Å². The van der Waals surface area contributed by atoms with Gasteiger partial charge in [0.25, 0.3) is 0 Å². The summed E-state index contributed by atoms with van der Waals surface area (Å²) in [6.45, 7) is 0.694. The van der Waals surface area contributed by atoms with Gasteiger partial charge in [-0.25, -0.2) is 0 Å². The molecule has 1 heterocycles. The van der Waals surface area contributed by atoms with Crippen LogP contribution in [0.25, 0.3) is 0 Å². The minimum atomic E-state index is 0.694. The highest BCUT2D eigenvalue weighted by molar-refractivity contribution is 7.98. The number of hydrogen-bond donors (Lipinski definition) is 1. The van der Waals surface area contributed by atoms with Gasteiger partial charge in [0.1, 0.15) is 11.5 Å². The molecule has 0 fully saturated rings. The van der Waals surface area contributed by atoms with E-state index in [1.54, 1.807) is 6.26 Å². The molecule has 18 heavy (non-hydrogen) atoms. The van der Waals surface area contributed by atoms with Crippen molar-refractivity contribution < 1.29 is 9.15 Å². The second kappa shape index (κ2) is 7.01. The molecule has 0 unspecified atom stereocenters. The van der Waals surface area contributed by atoms with Gasteiger partial charge in [-0.15, -0.1) is 0 Å². The molecule has 0 atom stereocenters. The van der Waals surface area contributed by atoms with Gasteiger partial charge in [0.2, 0.25) is 0 Å². The van der Waals surface area contributed by atoms with Crippen molar-refractivity contribution in [1.29, 1.82) is 0 Å². The fourth-order valence-electron chi connectivity index (χ4n) is 1.52. The van der Waals surface area contributed by atoms with E-state index in [1.807, 2.05) is 48.2 Å². The first kappa shape index (κ1) is 12.9. The van der Waals surface area contributed by atoms with E-state index in [-0.39, 0.29) is 0 Å². The lowest BCUT2D eigenvalue weighted by molar-refractivity contribution is 0.320. The number of hydrogen-bond acceptors (Lipinski definition) is 4. The number of rotatable bonds is 7. The zero-order valence-corrected chi connectivity index (χ0v) is 11.0. The number of furan rings is 1. The summed E-state index contributed by atoms with van der Waals surface area (Å²) in [5.41, 5.74) is 6.48. The van der Waals surface area contributed by atoms with Crippen molar-refractivity contribution in [2.75, 3.05) is 18.1 Å². The molecule has 0 aliphatic rings. The first-order valence-electron chi connectivity index (χ1n) is 5.93. The number of para-hydroxylation sites is 2. The van der Waals surface area contributed by atoms with E-state index < -0.39 is 0 Å². The van der Waals surface area contributed by atoms with Gasteiger partial charge in [0.05, 0.1) is 24.3 Å². The van der Waals surface area contributed by atoms with Gasteiger partial charge in [0.15, 0.2) is 0 Å². The largest absolute Gasteiger partial charge is 0.491 e. The lowest BCUT2D eigenvalue weighted by Gasteiger charge is -2.07. The molecule has 0 radical (unpaired) electrons. The first-order chi connectivity index (χ1) is 8.86. The van der Waals surface area contributed by atoms with Crippen LogP contribution in [0, 0.1) is 0 Å². The van der Waals surface area contributed by atoms with Gasteiger partial charge < -0.3 is 14.9 Å². The Morgan fingerprint density at radius 3 is 2.83 bits per heavy atom. The van der Waals surface area contributed by atoms with E-state index in [9.17, 15) is 0 Å². The first-order valence-corrected chi connectivity index (χ1v) is 7.09. The third kappa shape index (κ3) is 4.04. The van der Waals surface area contributed by atoms with Gasteiger partial charge in [-0.1, -0.05) is 12.1 Å². The second-order valence-electron chi connectivity index (χ2n) is 3.87. The summed E-state index contributed by atoms with van der Waals surface area (Å²) < 4.78 is 10.9.